The van der Waals surface area contributed by atoms with Gasteiger partial charge in [0.05, 0.1) is 0 Å². The summed E-state index contributed by atoms with van der Waals surface area (Å²) in [5.41, 5.74) is 1.36. The average molecular weight is 425 g/mol. The molecule has 146 valence electrons. The van der Waals surface area contributed by atoms with Crippen LogP contribution in [0.1, 0.15) is 57.4 Å². The van der Waals surface area contributed by atoms with E-state index in [2.05, 4.69) is 57.8 Å². The Hall–Kier alpha value is -0.910. The van der Waals surface area contributed by atoms with Gasteiger partial charge in [-0.2, -0.15) is 0 Å². The van der Waals surface area contributed by atoms with Gasteiger partial charge in [-0.25, -0.2) is 0 Å². The first kappa shape index (κ1) is 21.4. The van der Waals surface area contributed by atoms with Crippen molar-refractivity contribution in [3.63, 3.8) is 0 Å². The predicted molar refractivity (Wildman–Crippen MR) is 110 cm³/mol. The number of benzene rings is 1. The van der Waals surface area contributed by atoms with E-state index in [1.54, 1.807) is 0 Å². The van der Waals surface area contributed by atoms with Crippen LogP contribution in [0.3, 0.4) is 0 Å². The molecule has 0 aromatic heterocycles. The first-order valence-corrected chi connectivity index (χ1v) is 10.8. The molecular formula is C21H33BrN2O2. The van der Waals surface area contributed by atoms with E-state index in [0.29, 0.717) is 18.7 Å². The second-order valence-corrected chi connectivity index (χ2v) is 8.12. The number of carbonyl (C=O) groups is 1. The molecule has 0 spiro atoms. The highest BCUT2D eigenvalue weighted by molar-refractivity contribution is 9.10. The molecule has 2 unspecified atom stereocenters. The predicted octanol–water partition coefficient (Wildman–Crippen LogP) is 4.22. The van der Waals surface area contributed by atoms with Gasteiger partial charge in [0.2, 0.25) is 5.91 Å². The largest absolute Gasteiger partial charge is 0.372 e. The van der Waals surface area contributed by atoms with Crippen molar-refractivity contribution in [1.29, 1.82) is 0 Å². The Labute approximate surface area is 166 Å². The van der Waals surface area contributed by atoms with Crippen LogP contribution in [-0.2, 0) is 16.0 Å². The van der Waals surface area contributed by atoms with Crippen molar-refractivity contribution in [2.24, 2.45) is 0 Å². The highest BCUT2D eigenvalue weighted by Crippen LogP contribution is 2.18. The van der Waals surface area contributed by atoms with Crippen molar-refractivity contribution in [3.8, 4) is 0 Å². The zero-order valence-electron chi connectivity index (χ0n) is 15.9. The Bertz CT molecular complexity index is 521. The Kier molecular flexibility index (Phi) is 10.3. The number of hydrogen-bond donors (Lipinski definition) is 2. The van der Waals surface area contributed by atoms with E-state index >= 15 is 0 Å². The average Bonchev–Trinajstić information content (AvgIpc) is 2.86. The monoisotopic (exact) mass is 424 g/mol. The van der Waals surface area contributed by atoms with E-state index < -0.39 is 0 Å². The van der Waals surface area contributed by atoms with E-state index in [9.17, 15) is 4.79 Å². The van der Waals surface area contributed by atoms with Gasteiger partial charge in [-0.1, -0.05) is 41.4 Å². The summed E-state index contributed by atoms with van der Waals surface area (Å²) < 4.78 is 6.53. The van der Waals surface area contributed by atoms with Crippen LogP contribution in [0.5, 0.6) is 0 Å². The quantitative estimate of drug-likeness (QED) is 0.436. The van der Waals surface area contributed by atoms with Crippen LogP contribution >= 0.6 is 15.9 Å². The van der Waals surface area contributed by atoms with Gasteiger partial charge in [0, 0.05) is 23.2 Å². The second kappa shape index (κ2) is 12.5. The fraction of sp³-hybridized carbons (Fsp3) is 0.667. The molecule has 5 heteroatoms. The minimum Gasteiger partial charge on any atom is -0.372 e. The fourth-order valence-electron chi connectivity index (χ4n) is 3.40. The molecule has 2 rings (SSSR count). The third-order valence-corrected chi connectivity index (χ3v) is 5.50. The van der Waals surface area contributed by atoms with Gasteiger partial charge in [-0.05, 0) is 69.2 Å². The Morgan fingerprint density at radius 3 is 2.65 bits per heavy atom. The third-order valence-electron chi connectivity index (χ3n) is 4.97. The molecule has 2 N–H and O–H groups in total. The summed E-state index contributed by atoms with van der Waals surface area (Å²) in [6, 6.07) is 9.41. The Balaban J connectivity index is 1.61. The van der Waals surface area contributed by atoms with E-state index in [0.717, 1.165) is 56.0 Å². The number of nitrogens with one attached hydrogen (secondary N) is 2. The maximum absolute atomic E-state index is 12.0. The topological polar surface area (TPSA) is 50.4 Å². The number of rotatable bonds is 10. The van der Waals surface area contributed by atoms with Crippen molar-refractivity contribution in [3.05, 3.63) is 34.3 Å². The lowest BCUT2D eigenvalue weighted by molar-refractivity contribution is -0.126. The lowest BCUT2D eigenvalue weighted by Gasteiger charge is -2.18. The van der Waals surface area contributed by atoms with Crippen LogP contribution < -0.4 is 10.6 Å². The number of ether oxygens (including phenoxy) is 1. The second-order valence-electron chi connectivity index (χ2n) is 7.21. The minimum atomic E-state index is 0.0350. The summed E-state index contributed by atoms with van der Waals surface area (Å²) in [5.74, 6) is 0.0350. The normalized spacial score (nSPS) is 20.5. The third kappa shape index (κ3) is 8.65. The number of amides is 1. The van der Waals surface area contributed by atoms with E-state index in [-0.39, 0.29) is 12.5 Å². The van der Waals surface area contributed by atoms with Gasteiger partial charge in [-0.3, -0.25) is 4.79 Å². The molecule has 1 aromatic carbocycles. The number of halogens is 1. The highest BCUT2D eigenvalue weighted by atomic mass is 79.9. The van der Waals surface area contributed by atoms with Crippen molar-refractivity contribution in [2.45, 2.75) is 70.4 Å². The lowest BCUT2D eigenvalue weighted by Crippen LogP contribution is -2.37. The Morgan fingerprint density at radius 1 is 1.15 bits per heavy atom. The summed E-state index contributed by atoms with van der Waals surface area (Å²) in [5, 5.41) is 6.85. The van der Waals surface area contributed by atoms with Crippen molar-refractivity contribution >= 4 is 21.8 Å². The van der Waals surface area contributed by atoms with Crippen LogP contribution in [-0.4, -0.2) is 37.7 Å². The molecule has 0 aliphatic heterocycles. The highest BCUT2D eigenvalue weighted by Gasteiger charge is 2.19. The van der Waals surface area contributed by atoms with Crippen molar-refractivity contribution in [1.82, 2.24) is 10.6 Å². The first-order chi connectivity index (χ1) is 12.7. The van der Waals surface area contributed by atoms with Crippen LogP contribution in [0.25, 0.3) is 0 Å². The molecule has 1 fully saturated rings. The van der Waals surface area contributed by atoms with E-state index in [1.165, 1.54) is 12.0 Å². The summed E-state index contributed by atoms with van der Waals surface area (Å²) in [6.45, 7) is 4.01. The molecule has 2 atom stereocenters. The first-order valence-electron chi connectivity index (χ1n) is 10.0. The molecule has 0 saturated heterocycles. The molecule has 0 heterocycles. The zero-order valence-corrected chi connectivity index (χ0v) is 17.5. The van der Waals surface area contributed by atoms with Crippen LogP contribution in [0.2, 0.25) is 0 Å². The summed E-state index contributed by atoms with van der Waals surface area (Å²) >= 11 is 3.47. The molecule has 26 heavy (non-hydrogen) atoms. The SMILES string of the molecule is CCCCOCC(=O)NC1CCCC(NCCc2ccc(Br)cc2)CC1. The van der Waals surface area contributed by atoms with Gasteiger partial charge in [-0.15, -0.1) is 0 Å². The molecule has 0 radical (unpaired) electrons. The molecule has 1 aliphatic carbocycles. The Morgan fingerprint density at radius 2 is 1.88 bits per heavy atom. The zero-order chi connectivity index (χ0) is 18.6. The number of hydrogen-bond acceptors (Lipinski definition) is 3. The van der Waals surface area contributed by atoms with Gasteiger partial charge >= 0.3 is 0 Å². The molecule has 1 aliphatic rings. The summed E-state index contributed by atoms with van der Waals surface area (Å²) in [6.07, 6.45) is 8.78. The van der Waals surface area contributed by atoms with Crippen LogP contribution in [0.4, 0.5) is 0 Å². The molecule has 1 amide bonds. The van der Waals surface area contributed by atoms with E-state index in [4.69, 9.17) is 4.74 Å². The van der Waals surface area contributed by atoms with Gasteiger partial charge < -0.3 is 15.4 Å². The smallest absolute Gasteiger partial charge is 0.246 e. The van der Waals surface area contributed by atoms with Crippen molar-refractivity contribution in [2.75, 3.05) is 19.8 Å². The number of carbonyl (C=O) groups excluding carboxylic acids is 1. The molecule has 1 saturated carbocycles. The van der Waals surface area contributed by atoms with Gasteiger partial charge in [0.1, 0.15) is 6.61 Å². The maximum Gasteiger partial charge on any atom is 0.246 e. The summed E-state index contributed by atoms with van der Waals surface area (Å²) in [7, 11) is 0. The molecule has 0 bridgehead atoms. The van der Waals surface area contributed by atoms with Crippen LogP contribution in [0.15, 0.2) is 28.7 Å². The standard InChI is InChI=1S/C21H33BrN2O2/c1-2-3-15-26-16-21(25)24-20-6-4-5-19(11-12-20)23-14-13-17-7-9-18(22)10-8-17/h7-10,19-20,23H,2-6,11-16H2,1H3,(H,24,25). The molecule has 1 aromatic rings. The summed E-state index contributed by atoms with van der Waals surface area (Å²) in [4.78, 5) is 12.0. The van der Waals surface area contributed by atoms with Gasteiger partial charge in [0.25, 0.3) is 0 Å². The van der Waals surface area contributed by atoms with Gasteiger partial charge in [0.15, 0.2) is 0 Å². The molecule has 4 nitrogen and oxygen atoms in total. The van der Waals surface area contributed by atoms with Crippen molar-refractivity contribution < 1.29 is 9.53 Å². The number of unbranched alkanes of at least 4 members (excludes halogenated alkanes) is 1. The maximum atomic E-state index is 12.0. The van der Waals surface area contributed by atoms with E-state index in [1.807, 2.05) is 0 Å². The fourth-order valence-corrected chi connectivity index (χ4v) is 3.67. The molecular weight excluding hydrogens is 392 g/mol. The lowest BCUT2D eigenvalue weighted by atomic mass is 10.1. The van der Waals surface area contributed by atoms with Crippen LogP contribution in [0, 0.1) is 0 Å². The minimum absolute atomic E-state index is 0.0350.